The van der Waals surface area contributed by atoms with Crippen LogP contribution in [0.2, 0.25) is 0 Å². The summed E-state index contributed by atoms with van der Waals surface area (Å²) in [6.07, 6.45) is 3.77. The van der Waals surface area contributed by atoms with Gasteiger partial charge in [0.2, 0.25) is 0 Å². The summed E-state index contributed by atoms with van der Waals surface area (Å²) in [5.41, 5.74) is 1.03. The molecule has 0 aliphatic heterocycles. The first kappa shape index (κ1) is 8.05. The van der Waals surface area contributed by atoms with Gasteiger partial charge in [0, 0.05) is 6.92 Å². The fraction of sp³-hybridized carbons (Fsp3) is 0.444. The Morgan fingerprint density at radius 1 is 1.64 bits per heavy atom. The Labute approximate surface area is 66.9 Å². The molecule has 0 amide bonds. The average molecular weight is 151 g/mol. The van der Waals surface area contributed by atoms with Gasteiger partial charge in [0.15, 0.2) is 5.89 Å². The Kier molecular flexibility index (Phi) is 2.47. The zero-order valence-electron chi connectivity index (χ0n) is 7.05. The van der Waals surface area contributed by atoms with Gasteiger partial charge in [-0.05, 0) is 12.5 Å². The molecule has 0 bridgehead atoms. The van der Waals surface area contributed by atoms with E-state index in [1.807, 2.05) is 6.92 Å². The van der Waals surface area contributed by atoms with Crippen LogP contribution in [0.3, 0.4) is 0 Å². The summed E-state index contributed by atoms with van der Waals surface area (Å²) in [6, 6.07) is 0. The van der Waals surface area contributed by atoms with Crippen LogP contribution in [-0.4, -0.2) is 4.98 Å². The molecule has 1 aromatic heterocycles. The van der Waals surface area contributed by atoms with Gasteiger partial charge in [-0.1, -0.05) is 19.9 Å². The lowest BCUT2D eigenvalue weighted by Gasteiger charge is -1.90. The van der Waals surface area contributed by atoms with E-state index in [2.05, 4.69) is 18.5 Å². The molecule has 0 aliphatic rings. The molecular weight excluding hydrogens is 138 g/mol. The quantitative estimate of drug-likeness (QED) is 0.663. The van der Waals surface area contributed by atoms with Crippen molar-refractivity contribution in [2.45, 2.75) is 26.7 Å². The number of hydrogen-bond donors (Lipinski definition) is 0. The molecule has 0 N–H and O–H groups in total. The first-order chi connectivity index (χ1) is 5.27. The molecule has 11 heavy (non-hydrogen) atoms. The van der Waals surface area contributed by atoms with Gasteiger partial charge in [0.25, 0.3) is 0 Å². The second kappa shape index (κ2) is 3.37. The molecule has 1 heterocycles. The molecular formula is C9H13NO. The van der Waals surface area contributed by atoms with Gasteiger partial charge in [-0.3, -0.25) is 0 Å². The lowest BCUT2D eigenvalue weighted by molar-refractivity contribution is 0.512. The minimum atomic E-state index is 0.725. The molecule has 0 spiro atoms. The maximum atomic E-state index is 5.29. The first-order valence-corrected chi connectivity index (χ1v) is 3.86. The van der Waals surface area contributed by atoms with E-state index in [-0.39, 0.29) is 0 Å². The summed E-state index contributed by atoms with van der Waals surface area (Å²) < 4.78 is 5.29. The summed E-state index contributed by atoms with van der Waals surface area (Å²) in [5.74, 6) is 1.55. The second-order valence-corrected chi connectivity index (χ2v) is 2.50. The van der Waals surface area contributed by atoms with E-state index in [1.165, 1.54) is 0 Å². The number of aromatic nitrogens is 1. The Morgan fingerprint density at radius 2 is 2.36 bits per heavy atom. The second-order valence-electron chi connectivity index (χ2n) is 2.50. The summed E-state index contributed by atoms with van der Waals surface area (Å²) in [6.45, 7) is 7.63. The molecule has 0 radical (unpaired) electrons. The average Bonchev–Trinajstić information content (AvgIpc) is 2.32. The van der Waals surface area contributed by atoms with Crippen molar-refractivity contribution >= 4 is 6.08 Å². The van der Waals surface area contributed by atoms with Gasteiger partial charge in [-0.25, -0.2) is 4.98 Å². The van der Waals surface area contributed by atoms with Crippen LogP contribution in [0.4, 0.5) is 0 Å². The minimum absolute atomic E-state index is 0.725. The predicted molar refractivity (Wildman–Crippen MR) is 45.3 cm³/mol. The maximum absolute atomic E-state index is 5.29. The lowest BCUT2D eigenvalue weighted by Crippen LogP contribution is -1.85. The van der Waals surface area contributed by atoms with Crippen LogP contribution < -0.4 is 0 Å². The van der Waals surface area contributed by atoms with Gasteiger partial charge < -0.3 is 4.42 Å². The van der Waals surface area contributed by atoms with Crippen LogP contribution in [-0.2, 0) is 6.42 Å². The Hall–Kier alpha value is -1.05. The minimum Gasteiger partial charge on any atom is -0.441 e. The number of nitrogens with zero attached hydrogens (tertiary/aromatic N) is 1. The van der Waals surface area contributed by atoms with Crippen molar-refractivity contribution < 1.29 is 4.42 Å². The van der Waals surface area contributed by atoms with Crippen LogP contribution in [0.15, 0.2) is 11.0 Å². The Bertz CT molecular complexity index is 250. The van der Waals surface area contributed by atoms with Crippen molar-refractivity contribution in [2.24, 2.45) is 0 Å². The van der Waals surface area contributed by atoms with E-state index in [0.717, 1.165) is 30.2 Å². The first-order valence-electron chi connectivity index (χ1n) is 3.86. The summed E-state index contributed by atoms with van der Waals surface area (Å²) in [4.78, 5) is 4.23. The lowest BCUT2D eigenvalue weighted by atomic mass is 10.2. The van der Waals surface area contributed by atoms with Crippen LogP contribution in [0.5, 0.6) is 0 Å². The third-order valence-corrected chi connectivity index (χ3v) is 1.51. The van der Waals surface area contributed by atoms with Crippen LogP contribution in [0.25, 0.3) is 6.08 Å². The molecule has 2 heteroatoms. The third kappa shape index (κ3) is 1.70. The number of oxazole rings is 1. The van der Waals surface area contributed by atoms with Gasteiger partial charge in [-0.2, -0.15) is 0 Å². The van der Waals surface area contributed by atoms with Crippen molar-refractivity contribution in [3.8, 4) is 0 Å². The van der Waals surface area contributed by atoms with E-state index >= 15 is 0 Å². The highest BCUT2D eigenvalue weighted by Gasteiger charge is 2.05. The van der Waals surface area contributed by atoms with Crippen molar-refractivity contribution in [3.05, 3.63) is 23.9 Å². The molecule has 60 valence electrons. The number of aryl methyl sites for hydroxylation is 2. The van der Waals surface area contributed by atoms with Crippen molar-refractivity contribution in [1.82, 2.24) is 4.98 Å². The summed E-state index contributed by atoms with van der Waals surface area (Å²) >= 11 is 0. The van der Waals surface area contributed by atoms with Crippen LogP contribution in [0, 0.1) is 6.92 Å². The van der Waals surface area contributed by atoms with E-state index < -0.39 is 0 Å². The predicted octanol–water partition coefficient (Wildman–Crippen LogP) is 2.58. The van der Waals surface area contributed by atoms with E-state index in [1.54, 1.807) is 6.08 Å². The SMILES string of the molecule is C=Cc1oc(C)nc1CCC. The van der Waals surface area contributed by atoms with E-state index in [4.69, 9.17) is 4.42 Å². The highest BCUT2D eigenvalue weighted by molar-refractivity contribution is 5.42. The fourth-order valence-corrected chi connectivity index (χ4v) is 1.06. The highest BCUT2D eigenvalue weighted by Crippen LogP contribution is 2.13. The van der Waals surface area contributed by atoms with Gasteiger partial charge in [0.05, 0.1) is 5.69 Å². The standard InChI is InChI=1S/C9H13NO/c1-4-6-8-9(5-2)11-7(3)10-8/h5H,2,4,6H2,1,3H3. The van der Waals surface area contributed by atoms with E-state index in [0.29, 0.717) is 0 Å². The highest BCUT2D eigenvalue weighted by atomic mass is 16.4. The zero-order chi connectivity index (χ0) is 8.27. The van der Waals surface area contributed by atoms with Crippen LogP contribution >= 0.6 is 0 Å². The molecule has 0 aromatic carbocycles. The molecule has 0 atom stereocenters. The number of rotatable bonds is 3. The summed E-state index contributed by atoms with van der Waals surface area (Å²) in [7, 11) is 0. The van der Waals surface area contributed by atoms with Gasteiger partial charge in [0.1, 0.15) is 5.76 Å². The normalized spacial score (nSPS) is 10.0. The molecule has 1 rings (SSSR count). The van der Waals surface area contributed by atoms with Gasteiger partial charge in [-0.15, -0.1) is 0 Å². The Balaban J connectivity index is 2.92. The van der Waals surface area contributed by atoms with Crippen LogP contribution in [0.1, 0.15) is 30.7 Å². The smallest absolute Gasteiger partial charge is 0.192 e. The molecule has 0 saturated heterocycles. The molecule has 1 aromatic rings. The molecule has 2 nitrogen and oxygen atoms in total. The molecule has 0 fully saturated rings. The monoisotopic (exact) mass is 151 g/mol. The largest absolute Gasteiger partial charge is 0.441 e. The molecule has 0 aliphatic carbocycles. The van der Waals surface area contributed by atoms with Crippen molar-refractivity contribution in [1.29, 1.82) is 0 Å². The third-order valence-electron chi connectivity index (χ3n) is 1.51. The topological polar surface area (TPSA) is 26.0 Å². The van der Waals surface area contributed by atoms with Gasteiger partial charge >= 0.3 is 0 Å². The fourth-order valence-electron chi connectivity index (χ4n) is 1.06. The molecule has 0 saturated carbocycles. The maximum Gasteiger partial charge on any atom is 0.192 e. The van der Waals surface area contributed by atoms with E-state index in [9.17, 15) is 0 Å². The zero-order valence-corrected chi connectivity index (χ0v) is 7.05. The van der Waals surface area contributed by atoms with Crippen molar-refractivity contribution in [3.63, 3.8) is 0 Å². The van der Waals surface area contributed by atoms with Crippen molar-refractivity contribution in [2.75, 3.05) is 0 Å². The summed E-state index contributed by atoms with van der Waals surface area (Å²) in [5, 5.41) is 0. The molecule has 0 unspecified atom stereocenters. The Morgan fingerprint density at radius 3 is 2.91 bits per heavy atom. The number of hydrogen-bond acceptors (Lipinski definition) is 2.